The minimum Gasteiger partial charge on any atom is -0.468 e. The van der Waals surface area contributed by atoms with Crippen LogP contribution in [0, 0.1) is 0 Å². The van der Waals surface area contributed by atoms with Gasteiger partial charge >= 0.3 is 5.97 Å². The summed E-state index contributed by atoms with van der Waals surface area (Å²) in [7, 11) is -3.85. The second-order valence-corrected chi connectivity index (χ2v) is 7.28. The second-order valence-electron chi connectivity index (χ2n) is 5.51. The van der Waals surface area contributed by atoms with Crippen LogP contribution >= 0.6 is 0 Å². The van der Waals surface area contributed by atoms with E-state index in [-0.39, 0.29) is 17.0 Å². The molecule has 0 radical (unpaired) electrons. The van der Waals surface area contributed by atoms with Gasteiger partial charge in [-0.25, -0.2) is 17.9 Å². The summed E-state index contributed by atoms with van der Waals surface area (Å²) in [6.45, 7) is -0.471. The van der Waals surface area contributed by atoms with E-state index in [4.69, 9.17) is 9.15 Å². The molecule has 0 unspecified atom stereocenters. The number of sulfonamides is 1. The van der Waals surface area contributed by atoms with Crippen LogP contribution in [0.25, 0.3) is 0 Å². The quantitative estimate of drug-likeness (QED) is 0.451. The van der Waals surface area contributed by atoms with Crippen LogP contribution in [0.4, 0.5) is 0 Å². The van der Waals surface area contributed by atoms with Gasteiger partial charge in [0.25, 0.3) is 0 Å². The van der Waals surface area contributed by atoms with Gasteiger partial charge in [-0.15, -0.1) is 0 Å². The third-order valence-corrected chi connectivity index (χ3v) is 5.03. The maximum atomic E-state index is 12.4. The molecule has 0 aliphatic carbocycles. The van der Waals surface area contributed by atoms with Gasteiger partial charge < -0.3 is 14.1 Å². The molecule has 1 aromatic carbocycles. The summed E-state index contributed by atoms with van der Waals surface area (Å²) in [5.74, 6) is -0.729. The first-order valence-electron chi connectivity index (χ1n) is 7.91. The Morgan fingerprint density at radius 2 is 1.96 bits per heavy atom. The van der Waals surface area contributed by atoms with Gasteiger partial charge in [0.1, 0.15) is 5.76 Å². The Balaban J connectivity index is 1.65. The number of benzene rings is 1. The average molecular weight is 388 g/mol. The highest BCUT2D eigenvalue weighted by Crippen LogP contribution is 2.13. The molecule has 0 aliphatic rings. The highest BCUT2D eigenvalue weighted by molar-refractivity contribution is 7.89. The smallest absolute Gasteiger partial charge is 0.338 e. The van der Waals surface area contributed by atoms with Crippen molar-refractivity contribution in [2.75, 3.05) is 6.61 Å². The number of aromatic amines is 1. The third-order valence-electron chi connectivity index (χ3n) is 3.63. The number of Topliss-reactive ketones (excluding diaryl/α,β-unsaturated/α-hetero) is 1. The van der Waals surface area contributed by atoms with Crippen LogP contribution in [0.3, 0.4) is 0 Å². The zero-order chi connectivity index (χ0) is 19.3. The maximum Gasteiger partial charge on any atom is 0.338 e. The summed E-state index contributed by atoms with van der Waals surface area (Å²) in [6, 6.07) is 11.9. The summed E-state index contributed by atoms with van der Waals surface area (Å²) in [6.07, 6.45) is 3.02. The number of carbonyl (C=O) groups excluding carboxylic acids is 2. The van der Waals surface area contributed by atoms with Crippen LogP contribution in [0.1, 0.15) is 26.6 Å². The molecule has 0 spiro atoms. The number of aromatic nitrogens is 1. The molecule has 0 bridgehead atoms. The van der Waals surface area contributed by atoms with Crippen molar-refractivity contribution >= 4 is 21.8 Å². The van der Waals surface area contributed by atoms with E-state index in [1.54, 1.807) is 30.5 Å². The molecule has 2 N–H and O–H groups in total. The molecule has 0 saturated carbocycles. The molecule has 27 heavy (non-hydrogen) atoms. The minimum atomic E-state index is -3.85. The fourth-order valence-electron chi connectivity index (χ4n) is 2.25. The van der Waals surface area contributed by atoms with Crippen molar-refractivity contribution in [1.82, 2.24) is 9.71 Å². The topological polar surface area (TPSA) is 118 Å². The predicted molar refractivity (Wildman–Crippen MR) is 94.6 cm³/mol. The standard InChI is InChI=1S/C18H16N2O6S/c21-17(16-7-2-8-19-16)12-26-18(22)13-4-1-6-15(10-13)27(23,24)20-11-14-5-3-9-25-14/h1-10,19-20H,11-12H2. The molecule has 3 rings (SSSR count). The van der Waals surface area contributed by atoms with E-state index in [1.165, 1.54) is 30.5 Å². The highest BCUT2D eigenvalue weighted by atomic mass is 32.2. The maximum absolute atomic E-state index is 12.4. The zero-order valence-electron chi connectivity index (χ0n) is 14.0. The van der Waals surface area contributed by atoms with Crippen LogP contribution in [0.2, 0.25) is 0 Å². The van der Waals surface area contributed by atoms with Crippen molar-refractivity contribution in [2.45, 2.75) is 11.4 Å². The van der Waals surface area contributed by atoms with Gasteiger partial charge in [0.2, 0.25) is 15.8 Å². The molecule has 9 heteroatoms. The van der Waals surface area contributed by atoms with Crippen LogP contribution < -0.4 is 4.72 Å². The van der Waals surface area contributed by atoms with Crippen molar-refractivity contribution in [3.8, 4) is 0 Å². The normalized spacial score (nSPS) is 11.3. The van der Waals surface area contributed by atoms with Crippen molar-refractivity contribution in [3.05, 3.63) is 78.0 Å². The minimum absolute atomic E-state index is 0.0192. The van der Waals surface area contributed by atoms with E-state index in [1.807, 2.05) is 0 Å². The molecule has 3 aromatic rings. The number of ketones is 1. The number of ether oxygens (including phenoxy) is 1. The number of furan rings is 1. The number of H-pyrrole nitrogens is 1. The van der Waals surface area contributed by atoms with Crippen LogP contribution in [-0.4, -0.2) is 31.8 Å². The van der Waals surface area contributed by atoms with Gasteiger partial charge in [0, 0.05) is 6.20 Å². The fourth-order valence-corrected chi connectivity index (χ4v) is 3.29. The summed E-state index contributed by atoms with van der Waals surface area (Å²) in [5, 5.41) is 0. The van der Waals surface area contributed by atoms with Crippen LogP contribution in [0.15, 0.2) is 70.3 Å². The van der Waals surface area contributed by atoms with Gasteiger partial charge in [0.15, 0.2) is 6.61 Å². The van der Waals surface area contributed by atoms with E-state index in [0.29, 0.717) is 11.5 Å². The molecule has 140 valence electrons. The summed E-state index contributed by atoms with van der Waals surface area (Å²) >= 11 is 0. The summed E-state index contributed by atoms with van der Waals surface area (Å²) in [4.78, 5) is 26.6. The lowest BCUT2D eigenvalue weighted by Crippen LogP contribution is -2.23. The molecule has 8 nitrogen and oxygen atoms in total. The largest absolute Gasteiger partial charge is 0.468 e. The van der Waals surface area contributed by atoms with E-state index in [0.717, 1.165) is 0 Å². The Labute approximate surface area is 155 Å². The predicted octanol–water partition coefficient (Wildman–Crippen LogP) is 2.13. The number of nitrogens with one attached hydrogen (secondary N) is 2. The third kappa shape index (κ3) is 4.72. The molecular weight excluding hydrogens is 372 g/mol. The van der Waals surface area contributed by atoms with Crippen LogP contribution in [0.5, 0.6) is 0 Å². The summed E-state index contributed by atoms with van der Waals surface area (Å²) < 4.78 is 37.1. The first kappa shape index (κ1) is 18.6. The molecular formula is C18H16N2O6S. The number of hydrogen-bond donors (Lipinski definition) is 2. The lowest BCUT2D eigenvalue weighted by molar-refractivity contribution is 0.0473. The average Bonchev–Trinajstić information content (AvgIpc) is 3.38. The molecule has 0 aliphatic heterocycles. The Morgan fingerprint density at radius 3 is 2.67 bits per heavy atom. The molecule has 0 saturated heterocycles. The van der Waals surface area contributed by atoms with E-state index in [9.17, 15) is 18.0 Å². The Bertz CT molecular complexity index is 1020. The van der Waals surface area contributed by atoms with E-state index >= 15 is 0 Å². The Morgan fingerprint density at radius 1 is 1.11 bits per heavy atom. The molecule has 0 amide bonds. The van der Waals surface area contributed by atoms with Crippen molar-refractivity contribution in [1.29, 1.82) is 0 Å². The van der Waals surface area contributed by atoms with E-state index in [2.05, 4.69) is 9.71 Å². The highest BCUT2D eigenvalue weighted by Gasteiger charge is 2.18. The van der Waals surface area contributed by atoms with Gasteiger partial charge in [-0.1, -0.05) is 6.07 Å². The number of hydrogen-bond acceptors (Lipinski definition) is 6. The monoisotopic (exact) mass is 388 g/mol. The van der Waals surface area contributed by atoms with Crippen molar-refractivity contribution in [2.24, 2.45) is 0 Å². The van der Waals surface area contributed by atoms with Gasteiger partial charge in [-0.05, 0) is 42.5 Å². The zero-order valence-corrected chi connectivity index (χ0v) is 14.9. The molecule has 0 atom stereocenters. The summed E-state index contributed by atoms with van der Waals surface area (Å²) in [5.41, 5.74) is 0.344. The van der Waals surface area contributed by atoms with Crippen LogP contribution in [-0.2, 0) is 21.3 Å². The molecule has 2 aromatic heterocycles. The Hall–Kier alpha value is -3.17. The number of rotatable bonds is 8. The number of esters is 1. The number of carbonyl (C=O) groups is 2. The SMILES string of the molecule is O=C(OCC(=O)c1ccc[nH]1)c1cccc(S(=O)(=O)NCc2ccco2)c1. The first-order chi connectivity index (χ1) is 13.0. The Kier molecular flexibility index (Phi) is 5.53. The van der Waals surface area contributed by atoms with Gasteiger partial charge in [0.05, 0.1) is 29.0 Å². The van der Waals surface area contributed by atoms with Gasteiger partial charge in [-0.2, -0.15) is 0 Å². The lowest BCUT2D eigenvalue weighted by Gasteiger charge is -2.08. The molecule has 0 fully saturated rings. The van der Waals surface area contributed by atoms with Crippen molar-refractivity contribution in [3.63, 3.8) is 0 Å². The van der Waals surface area contributed by atoms with Gasteiger partial charge in [-0.3, -0.25) is 4.79 Å². The molecule has 2 heterocycles. The second kappa shape index (κ2) is 8.02. The van der Waals surface area contributed by atoms with Crippen molar-refractivity contribution < 1.29 is 27.2 Å². The lowest BCUT2D eigenvalue weighted by atomic mass is 10.2. The van der Waals surface area contributed by atoms with E-state index < -0.39 is 28.4 Å². The fraction of sp³-hybridized carbons (Fsp3) is 0.111. The first-order valence-corrected chi connectivity index (χ1v) is 9.40.